The number of aromatic nitrogens is 3. The summed E-state index contributed by atoms with van der Waals surface area (Å²) < 4.78 is 15.1. The molecule has 0 aliphatic heterocycles. The number of benzene rings is 2. The second-order valence-corrected chi connectivity index (χ2v) is 5.51. The lowest BCUT2D eigenvalue weighted by atomic mass is 10.2. The average Bonchev–Trinajstić information content (AvgIpc) is 2.94. The summed E-state index contributed by atoms with van der Waals surface area (Å²) >= 11 is 5.84. The number of nitrogens with zero attached hydrogens (tertiary/aromatic N) is 3. The molecule has 0 spiro atoms. The molecule has 0 saturated heterocycles. The summed E-state index contributed by atoms with van der Waals surface area (Å²) in [6.45, 7) is 2.10. The molecule has 1 heterocycles. The van der Waals surface area contributed by atoms with Gasteiger partial charge in [0.25, 0.3) is 0 Å². The quantitative estimate of drug-likeness (QED) is 0.745. The van der Waals surface area contributed by atoms with Gasteiger partial charge in [-0.05, 0) is 36.8 Å². The Morgan fingerprint density at radius 3 is 2.86 bits per heavy atom. The average molecular weight is 319 g/mol. The lowest BCUT2D eigenvalue weighted by molar-refractivity contribution is 0.467. The van der Waals surface area contributed by atoms with Gasteiger partial charge in [0.15, 0.2) is 0 Å². The highest BCUT2D eigenvalue weighted by Gasteiger charge is 2.15. The fraction of sp³-hybridized carbons (Fsp3) is 0.250. The van der Waals surface area contributed by atoms with Crippen LogP contribution < -0.4 is 5.32 Å². The summed E-state index contributed by atoms with van der Waals surface area (Å²) in [4.78, 5) is 0. The minimum Gasteiger partial charge on any atom is -0.364 e. The molecule has 0 saturated carbocycles. The Kier molecular flexibility index (Phi) is 4.24. The van der Waals surface area contributed by atoms with E-state index in [0.717, 1.165) is 29.6 Å². The van der Waals surface area contributed by atoms with E-state index in [-0.39, 0.29) is 11.2 Å². The SMILES string of the molecule is CCCC(Nc1ccc(F)c(Cl)c1)n1nnc2ccccc21. The van der Waals surface area contributed by atoms with Gasteiger partial charge in [-0.25, -0.2) is 9.07 Å². The number of anilines is 1. The highest BCUT2D eigenvalue weighted by Crippen LogP contribution is 2.25. The standard InChI is InChI=1S/C16H16ClFN4/c1-2-5-16(19-11-8-9-13(18)12(17)10-11)22-15-7-4-3-6-14(15)20-21-22/h3-4,6-10,16,19H,2,5H2,1H3. The molecule has 4 nitrogen and oxygen atoms in total. The van der Waals surface area contributed by atoms with Crippen molar-refractivity contribution in [2.45, 2.75) is 25.9 Å². The molecule has 0 aliphatic carbocycles. The number of halogens is 2. The highest BCUT2D eigenvalue weighted by molar-refractivity contribution is 6.31. The third kappa shape index (κ3) is 2.90. The Morgan fingerprint density at radius 1 is 1.27 bits per heavy atom. The third-order valence-electron chi connectivity index (χ3n) is 3.49. The normalized spacial score (nSPS) is 12.5. The van der Waals surface area contributed by atoms with E-state index < -0.39 is 5.82 Å². The van der Waals surface area contributed by atoms with Crippen LogP contribution >= 0.6 is 11.6 Å². The van der Waals surface area contributed by atoms with E-state index >= 15 is 0 Å². The van der Waals surface area contributed by atoms with Gasteiger partial charge in [0.2, 0.25) is 0 Å². The van der Waals surface area contributed by atoms with E-state index in [9.17, 15) is 4.39 Å². The van der Waals surface area contributed by atoms with Gasteiger partial charge in [-0.1, -0.05) is 42.3 Å². The highest BCUT2D eigenvalue weighted by atomic mass is 35.5. The molecule has 1 aromatic heterocycles. The van der Waals surface area contributed by atoms with Crippen LogP contribution in [-0.2, 0) is 0 Å². The number of rotatable bonds is 5. The Balaban J connectivity index is 1.93. The molecule has 2 aromatic carbocycles. The van der Waals surface area contributed by atoms with Gasteiger partial charge in [0, 0.05) is 5.69 Å². The van der Waals surface area contributed by atoms with Crippen LogP contribution in [0.3, 0.4) is 0 Å². The summed E-state index contributed by atoms with van der Waals surface area (Å²) in [5.74, 6) is -0.425. The molecule has 1 unspecified atom stereocenters. The van der Waals surface area contributed by atoms with Crippen molar-refractivity contribution < 1.29 is 4.39 Å². The van der Waals surface area contributed by atoms with Gasteiger partial charge in [-0.3, -0.25) is 0 Å². The summed E-state index contributed by atoms with van der Waals surface area (Å²) in [7, 11) is 0. The van der Waals surface area contributed by atoms with E-state index in [4.69, 9.17) is 11.6 Å². The van der Waals surface area contributed by atoms with Crippen LogP contribution in [0.25, 0.3) is 11.0 Å². The number of fused-ring (bicyclic) bond motifs is 1. The second kappa shape index (κ2) is 6.32. The van der Waals surface area contributed by atoms with Gasteiger partial charge in [-0.15, -0.1) is 5.10 Å². The zero-order valence-electron chi connectivity index (χ0n) is 12.1. The van der Waals surface area contributed by atoms with Crippen molar-refractivity contribution in [2.24, 2.45) is 0 Å². The van der Waals surface area contributed by atoms with Crippen molar-refractivity contribution in [3.05, 3.63) is 53.3 Å². The van der Waals surface area contributed by atoms with E-state index in [1.807, 2.05) is 28.9 Å². The van der Waals surface area contributed by atoms with Crippen LogP contribution in [0.2, 0.25) is 5.02 Å². The molecular weight excluding hydrogens is 303 g/mol. The first-order chi connectivity index (χ1) is 10.7. The van der Waals surface area contributed by atoms with Crippen LogP contribution in [0, 0.1) is 5.82 Å². The maximum Gasteiger partial charge on any atom is 0.141 e. The lowest BCUT2D eigenvalue weighted by Gasteiger charge is -2.20. The van der Waals surface area contributed by atoms with Crippen LogP contribution in [0.5, 0.6) is 0 Å². The monoisotopic (exact) mass is 318 g/mol. The predicted molar refractivity (Wildman–Crippen MR) is 86.5 cm³/mol. The van der Waals surface area contributed by atoms with Crippen molar-refractivity contribution in [1.82, 2.24) is 15.0 Å². The zero-order chi connectivity index (χ0) is 15.5. The summed E-state index contributed by atoms with van der Waals surface area (Å²) in [6.07, 6.45) is 1.77. The molecule has 1 N–H and O–H groups in total. The van der Waals surface area contributed by atoms with E-state index in [1.54, 1.807) is 12.1 Å². The first-order valence-corrected chi connectivity index (χ1v) is 7.58. The minimum absolute atomic E-state index is 0.0704. The van der Waals surface area contributed by atoms with Crippen molar-refractivity contribution in [2.75, 3.05) is 5.32 Å². The number of hydrogen-bond acceptors (Lipinski definition) is 3. The Labute approximate surface area is 132 Å². The summed E-state index contributed by atoms with van der Waals surface area (Å²) in [5, 5.41) is 11.9. The molecule has 3 rings (SSSR count). The summed E-state index contributed by atoms with van der Waals surface area (Å²) in [5.41, 5.74) is 2.56. The Bertz CT molecular complexity index is 787. The van der Waals surface area contributed by atoms with Gasteiger partial charge in [-0.2, -0.15) is 0 Å². The molecule has 0 amide bonds. The smallest absolute Gasteiger partial charge is 0.141 e. The van der Waals surface area contributed by atoms with E-state index in [1.165, 1.54) is 6.07 Å². The molecule has 0 bridgehead atoms. The van der Waals surface area contributed by atoms with Crippen LogP contribution in [-0.4, -0.2) is 15.0 Å². The van der Waals surface area contributed by atoms with Gasteiger partial charge >= 0.3 is 0 Å². The fourth-order valence-corrected chi connectivity index (χ4v) is 2.61. The van der Waals surface area contributed by atoms with Crippen molar-refractivity contribution in [3.63, 3.8) is 0 Å². The van der Waals surface area contributed by atoms with Gasteiger partial charge < -0.3 is 5.32 Å². The van der Waals surface area contributed by atoms with E-state index in [0.29, 0.717) is 0 Å². The fourth-order valence-electron chi connectivity index (χ4n) is 2.42. The minimum atomic E-state index is -0.425. The molecule has 0 radical (unpaired) electrons. The topological polar surface area (TPSA) is 42.7 Å². The lowest BCUT2D eigenvalue weighted by Crippen LogP contribution is -2.19. The molecule has 6 heteroatoms. The number of hydrogen-bond donors (Lipinski definition) is 1. The van der Waals surface area contributed by atoms with Crippen LogP contribution in [0.4, 0.5) is 10.1 Å². The maximum atomic E-state index is 13.3. The molecule has 22 heavy (non-hydrogen) atoms. The van der Waals surface area contributed by atoms with Crippen LogP contribution in [0.15, 0.2) is 42.5 Å². The first kappa shape index (κ1) is 14.8. The Hall–Kier alpha value is -2.14. The van der Waals surface area contributed by atoms with E-state index in [2.05, 4.69) is 22.6 Å². The number of nitrogens with one attached hydrogen (secondary N) is 1. The molecule has 114 valence electrons. The molecular formula is C16H16ClFN4. The largest absolute Gasteiger partial charge is 0.364 e. The van der Waals surface area contributed by atoms with Gasteiger partial charge in [0.05, 0.1) is 10.5 Å². The molecule has 0 fully saturated rings. The first-order valence-electron chi connectivity index (χ1n) is 7.20. The molecule has 0 aliphatic rings. The molecule has 3 aromatic rings. The second-order valence-electron chi connectivity index (χ2n) is 5.10. The predicted octanol–water partition coefficient (Wildman–Crippen LogP) is 4.63. The maximum absolute atomic E-state index is 13.3. The van der Waals surface area contributed by atoms with Gasteiger partial charge in [0.1, 0.15) is 17.5 Å². The van der Waals surface area contributed by atoms with Crippen LogP contribution in [0.1, 0.15) is 25.9 Å². The van der Waals surface area contributed by atoms with Crippen molar-refractivity contribution in [1.29, 1.82) is 0 Å². The Morgan fingerprint density at radius 2 is 2.09 bits per heavy atom. The number of para-hydroxylation sites is 1. The zero-order valence-corrected chi connectivity index (χ0v) is 12.9. The molecule has 1 atom stereocenters. The third-order valence-corrected chi connectivity index (χ3v) is 3.78. The van der Waals surface area contributed by atoms with Crippen molar-refractivity contribution >= 4 is 28.3 Å². The summed E-state index contributed by atoms with van der Waals surface area (Å²) in [6, 6.07) is 12.4. The van der Waals surface area contributed by atoms with Crippen molar-refractivity contribution in [3.8, 4) is 0 Å².